The van der Waals surface area contributed by atoms with Crippen LogP contribution >= 0.6 is 24.8 Å². The van der Waals surface area contributed by atoms with Crippen molar-refractivity contribution in [3.05, 3.63) is 81.4 Å². The Bertz CT molecular complexity index is 919. The van der Waals surface area contributed by atoms with Crippen molar-refractivity contribution >= 4 is 36.1 Å². The van der Waals surface area contributed by atoms with Gasteiger partial charge in [-0.25, -0.2) is 0 Å². The first-order valence-electron chi connectivity index (χ1n) is 9.77. The molecule has 0 atom stereocenters. The maximum Gasteiger partial charge on any atom is -0.147 e. The quantitative estimate of drug-likeness (QED) is 0.442. The van der Waals surface area contributed by atoms with Gasteiger partial charge >= 0.3 is 175 Å². The molecular formula is C25H33Cl2NTi. The molecule has 0 heterocycles. The molecule has 0 bridgehead atoms. The maximum absolute atomic E-state index is 3.88. The summed E-state index contributed by atoms with van der Waals surface area (Å²) in [5.74, 6) is 0. The minimum atomic E-state index is -0.431. The first-order chi connectivity index (χ1) is 12.7. The summed E-state index contributed by atoms with van der Waals surface area (Å²) in [6.07, 6.45) is 3.43. The van der Waals surface area contributed by atoms with Crippen LogP contribution < -0.4 is 3.80 Å². The van der Waals surface area contributed by atoms with Gasteiger partial charge in [-0.15, -0.1) is 24.8 Å². The molecule has 0 aromatic heterocycles. The molecule has 2 aromatic carbocycles. The molecule has 1 aliphatic rings. The summed E-state index contributed by atoms with van der Waals surface area (Å²) in [5, 5.41) is 0. The van der Waals surface area contributed by atoms with Crippen LogP contribution in [0.1, 0.15) is 61.9 Å². The Kier molecular flexibility index (Phi) is 9.30. The van der Waals surface area contributed by atoms with Crippen LogP contribution in [0.4, 0.5) is 5.69 Å². The van der Waals surface area contributed by atoms with Gasteiger partial charge in [-0.2, -0.15) is 0 Å². The summed E-state index contributed by atoms with van der Waals surface area (Å²) < 4.78 is 4.04. The Morgan fingerprint density at radius 2 is 1.48 bits per heavy atom. The third-order valence-corrected chi connectivity index (χ3v) is 7.48. The molecule has 0 radical (unpaired) electrons. The maximum atomic E-state index is 3.88. The molecule has 3 rings (SSSR count). The van der Waals surface area contributed by atoms with Crippen molar-refractivity contribution < 1.29 is 19.4 Å². The number of hydrogen-bond donors (Lipinski definition) is 1. The Morgan fingerprint density at radius 1 is 0.897 bits per heavy atom. The van der Waals surface area contributed by atoms with Gasteiger partial charge in [-0.1, -0.05) is 0 Å². The van der Waals surface area contributed by atoms with Gasteiger partial charge in [0.1, 0.15) is 0 Å². The third-order valence-electron chi connectivity index (χ3n) is 5.50. The normalized spacial score (nSPS) is 13.4. The molecule has 1 N–H and O–H groups in total. The monoisotopic (exact) mass is 465 g/mol. The first kappa shape index (κ1) is 26.0. The van der Waals surface area contributed by atoms with Crippen LogP contribution in [-0.2, 0) is 23.1 Å². The Hall–Kier alpha value is -0.986. The molecule has 1 aliphatic carbocycles. The smallest absolute Gasteiger partial charge is 0.147 e. The average Bonchev–Trinajstić information content (AvgIpc) is 2.92. The van der Waals surface area contributed by atoms with Gasteiger partial charge in [0, 0.05) is 0 Å². The third kappa shape index (κ3) is 5.79. The topological polar surface area (TPSA) is 12.0 Å². The Balaban J connectivity index is 0.00000210. The molecule has 156 valence electrons. The van der Waals surface area contributed by atoms with Crippen LogP contribution in [0.3, 0.4) is 0 Å². The van der Waals surface area contributed by atoms with Crippen molar-refractivity contribution in [3.8, 4) is 0 Å². The van der Waals surface area contributed by atoms with E-state index >= 15 is 0 Å². The minimum Gasteiger partial charge on any atom is -0.147 e. The van der Waals surface area contributed by atoms with Crippen molar-refractivity contribution in [1.29, 1.82) is 0 Å². The summed E-state index contributed by atoms with van der Waals surface area (Å²) >= 11 is -0.431. The van der Waals surface area contributed by atoms with E-state index in [0.29, 0.717) is 0 Å². The van der Waals surface area contributed by atoms with E-state index in [-0.39, 0.29) is 28.5 Å². The second kappa shape index (κ2) is 10.4. The van der Waals surface area contributed by atoms with E-state index < -0.39 is 19.4 Å². The predicted octanol–water partition coefficient (Wildman–Crippen LogP) is 7.92. The number of nitrogens with one attached hydrogen (secondary N) is 1. The van der Waals surface area contributed by atoms with Gasteiger partial charge in [-0.3, -0.25) is 0 Å². The zero-order valence-electron chi connectivity index (χ0n) is 18.6. The molecule has 0 saturated heterocycles. The number of benzene rings is 2. The number of anilines is 1. The summed E-state index contributed by atoms with van der Waals surface area (Å²) in [4.78, 5) is 0. The van der Waals surface area contributed by atoms with E-state index in [4.69, 9.17) is 0 Å². The first-order valence-corrected chi connectivity index (χ1v) is 11.3. The molecule has 1 nitrogen and oxygen atoms in total. The molecule has 0 saturated carbocycles. The Labute approximate surface area is 198 Å². The number of aryl methyl sites for hydroxylation is 3. The van der Waals surface area contributed by atoms with E-state index in [1.54, 1.807) is 0 Å². The van der Waals surface area contributed by atoms with Crippen LogP contribution in [0.15, 0.2) is 53.6 Å². The van der Waals surface area contributed by atoms with Crippen molar-refractivity contribution in [2.75, 3.05) is 3.80 Å². The van der Waals surface area contributed by atoms with Crippen molar-refractivity contribution in [2.45, 2.75) is 58.6 Å². The molecule has 0 unspecified atom stereocenters. The zero-order valence-corrected chi connectivity index (χ0v) is 21.8. The second-order valence-corrected chi connectivity index (χ2v) is 11.3. The number of rotatable bonds is 5. The molecule has 0 fully saturated rings. The standard InChI is InChI=1S/C16H19.C9H12N.2ClH.Ti/c1-11(2)14-7-5-6-8-15(14)16-10-12(3)9-13(16)4;1-6-4-7(2)9(10)8(3)5-6;;;/h5-9H,10H2,1-4H3;4-5,10H,1-3H3;2*1H;/q;-1;;;+1. The van der Waals surface area contributed by atoms with Crippen LogP contribution in [0.5, 0.6) is 0 Å². The Morgan fingerprint density at radius 3 is 2.03 bits per heavy atom. The molecule has 29 heavy (non-hydrogen) atoms. The van der Waals surface area contributed by atoms with Crippen LogP contribution in [-0.4, -0.2) is 0 Å². The van der Waals surface area contributed by atoms with Crippen LogP contribution in [0.2, 0.25) is 0 Å². The average molecular weight is 466 g/mol. The zero-order chi connectivity index (χ0) is 19.8. The predicted molar refractivity (Wildman–Crippen MR) is 129 cm³/mol. The summed E-state index contributed by atoms with van der Waals surface area (Å²) in [7, 11) is 0. The van der Waals surface area contributed by atoms with Gasteiger partial charge in [0.05, 0.1) is 0 Å². The van der Waals surface area contributed by atoms with Crippen molar-refractivity contribution in [2.24, 2.45) is 0 Å². The van der Waals surface area contributed by atoms with Gasteiger partial charge in [0.15, 0.2) is 0 Å². The van der Waals surface area contributed by atoms with E-state index in [1.807, 2.05) is 0 Å². The largest absolute Gasteiger partial charge is 0.147 e. The molecule has 0 spiro atoms. The molecule has 2 aromatic rings. The van der Waals surface area contributed by atoms with E-state index in [2.05, 4.69) is 94.7 Å². The summed E-state index contributed by atoms with van der Waals surface area (Å²) in [6.45, 7) is 15.9. The van der Waals surface area contributed by atoms with Crippen molar-refractivity contribution in [3.63, 3.8) is 0 Å². The van der Waals surface area contributed by atoms with Gasteiger partial charge in [0.25, 0.3) is 0 Å². The van der Waals surface area contributed by atoms with Crippen molar-refractivity contribution in [1.82, 2.24) is 0 Å². The fourth-order valence-corrected chi connectivity index (χ4v) is 6.04. The minimum absolute atomic E-state index is 0. The molecule has 0 aliphatic heterocycles. The van der Waals surface area contributed by atoms with Gasteiger partial charge < -0.3 is 0 Å². The second-order valence-electron chi connectivity index (χ2n) is 8.52. The molecule has 4 heteroatoms. The van der Waals surface area contributed by atoms with Gasteiger partial charge in [-0.05, 0) is 0 Å². The summed E-state index contributed by atoms with van der Waals surface area (Å²) in [6, 6.07) is 13.6. The van der Waals surface area contributed by atoms with E-state index in [0.717, 1.165) is 6.42 Å². The fraction of sp³-hybridized carbons (Fsp3) is 0.360. The van der Waals surface area contributed by atoms with Crippen LogP contribution in [0.25, 0.3) is 5.57 Å². The summed E-state index contributed by atoms with van der Waals surface area (Å²) in [5.41, 5.74) is 12.7. The van der Waals surface area contributed by atoms with Gasteiger partial charge in [0.2, 0.25) is 0 Å². The molecular weight excluding hydrogens is 433 g/mol. The molecule has 0 amide bonds. The number of hydrogen-bond acceptors (Lipinski definition) is 1. The van der Waals surface area contributed by atoms with Crippen LogP contribution in [0, 0.1) is 20.8 Å². The fourth-order valence-electron chi connectivity index (χ4n) is 4.19. The number of allylic oxidation sites excluding steroid dienone is 4. The van der Waals surface area contributed by atoms with E-state index in [9.17, 15) is 0 Å². The van der Waals surface area contributed by atoms with E-state index in [1.165, 1.54) is 50.2 Å². The SMILES string of the molecule is CC1=CC(C)=C(c2ccccc2[C](C)(C)[Ti][NH]c2c(C)cc(C)cc2C)C1.Cl.Cl. The number of halogens is 2.